The third kappa shape index (κ3) is 5.89. The Morgan fingerprint density at radius 3 is 2.68 bits per heavy atom. The van der Waals surface area contributed by atoms with Crippen molar-refractivity contribution in [1.29, 1.82) is 0 Å². The van der Waals surface area contributed by atoms with Crippen LogP contribution in [-0.4, -0.2) is 85.2 Å². The summed E-state index contributed by atoms with van der Waals surface area (Å²) in [4.78, 5) is 28.3. The van der Waals surface area contributed by atoms with E-state index in [0.717, 1.165) is 49.7 Å². The first-order valence-corrected chi connectivity index (χ1v) is 13.7. The summed E-state index contributed by atoms with van der Waals surface area (Å²) in [5.41, 5.74) is 6.54. The van der Waals surface area contributed by atoms with Crippen molar-refractivity contribution in [2.75, 3.05) is 70.5 Å². The molecule has 2 aromatic carbocycles. The Kier molecular flexibility index (Phi) is 8.23. The molecule has 10 heteroatoms. The van der Waals surface area contributed by atoms with Gasteiger partial charge in [-0.15, -0.1) is 0 Å². The Hall–Kier alpha value is -4.41. The van der Waals surface area contributed by atoms with Gasteiger partial charge >= 0.3 is 0 Å². The highest BCUT2D eigenvalue weighted by Gasteiger charge is 2.24. The monoisotopic (exact) mass is 554 g/mol. The van der Waals surface area contributed by atoms with Gasteiger partial charge in [-0.1, -0.05) is 24.8 Å². The largest absolute Gasteiger partial charge is 0.494 e. The minimum Gasteiger partial charge on any atom is -0.494 e. The van der Waals surface area contributed by atoms with Crippen molar-refractivity contribution in [2.45, 2.75) is 13.1 Å². The number of carbonyl (C=O) groups excluding carboxylic acids is 1. The minimum absolute atomic E-state index is 0.294. The molecule has 214 valence electrons. The molecule has 0 saturated carbocycles. The predicted molar refractivity (Wildman–Crippen MR) is 166 cm³/mol. The average molecular weight is 555 g/mol. The van der Waals surface area contributed by atoms with Gasteiger partial charge in [-0.3, -0.25) is 9.69 Å². The zero-order valence-electron chi connectivity index (χ0n) is 24.4. The fourth-order valence-corrected chi connectivity index (χ4v) is 5.25. The molecule has 0 aliphatic carbocycles. The second-order valence-corrected chi connectivity index (χ2v) is 10.6. The van der Waals surface area contributed by atoms with E-state index in [1.54, 1.807) is 13.3 Å². The maximum absolute atomic E-state index is 12.3. The number of nitrogens with one attached hydrogen (secondary N) is 2. The van der Waals surface area contributed by atoms with Crippen LogP contribution in [0.25, 0.3) is 22.2 Å². The topological polar surface area (TPSA) is 90.8 Å². The molecule has 0 unspecified atom stereocenters. The van der Waals surface area contributed by atoms with E-state index in [0.29, 0.717) is 23.1 Å². The Morgan fingerprint density at radius 1 is 1.12 bits per heavy atom. The molecule has 0 saturated heterocycles. The lowest BCUT2D eigenvalue weighted by atomic mass is 10.1. The second kappa shape index (κ2) is 12.0. The van der Waals surface area contributed by atoms with Crippen LogP contribution >= 0.6 is 0 Å². The van der Waals surface area contributed by atoms with Crippen molar-refractivity contribution in [1.82, 2.24) is 24.3 Å². The van der Waals surface area contributed by atoms with Gasteiger partial charge in [0, 0.05) is 74.2 Å². The fraction of sp³-hybridized carbons (Fsp3) is 0.323. The molecule has 2 N–H and O–H groups in total. The van der Waals surface area contributed by atoms with Gasteiger partial charge in [0.1, 0.15) is 5.75 Å². The first-order valence-electron chi connectivity index (χ1n) is 13.7. The molecule has 10 nitrogen and oxygen atoms in total. The van der Waals surface area contributed by atoms with E-state index in [4.69, 9.17) is 9.72 Å². The van der Waals surface area contributed by atoms with E-state index in [9.17, 15) is 4.79 Å². The van der Waals surface area contributed by atoms with E-state index in [1.165, 1.54) is 22.7 Å². The van der Waals surface area contributed by atoms with Crippen LogP contribution in [0, 0.1) is 0 Å². The van der Waals surface area contributed by atoms with Gasteiger partial charge in [-0.05, 0) is 45.4 Å². The molecule has 3 heterocycles. The third-order valence-corrected chi connectivity index (χ3v) is 7.42. The van der Waals surface area contributed by atoms with E-state index in [1.807, 2.05) is 39.3 Å². The summed E-state index contributed by atoms with van der Waals surface area (Å²) in [5.74, 6) is 0.747. The van der Waals surface area contributed by atoms with Crippen LogP contribution in [0.15, 0.2) is 61.3 Å². The molecular weight excluding hydrogens is 516 g/mol. The molecule has 5 rings (SSSR count). The number of amides is 1. The summed E-state index contributed by atoms with van der Waals surface area (Å²) in [6.45, 7) is 8.01. The van der Waals surface area contributed by atoms with E-state index in [2.05, 4.69) is 72.8 Å². The van der Waals surface area contributed by atoms with Crippen LogP contribution in [0.1, 0.15) is 5.69 Å². The lowest BCUT2D eigenvalue weighted by Gasteiger charge is -2.26. The first kappa shape index (κ1) is 28.1. The van der Waals surface area contributed by atoms with Crippen molar-refractivity contribution >= 4 is 39.8 Å². The number of benzene rings is 2. The number of fused-ring (bicyclic) bond motifs is 3. The highest BCUT2D eigenvalue weighted by molar-refractivity contribution is 6.02. The van der Waals surface area contributed by atoms with Crippen molar-refractivity contribution in [3.8, 4) is 17.0 Å². The van der Waals surface area contributed by atoms with Gasteiger partial charge < -0.3 is 29.7 Å². The molecule has 0 fully saturated rings. The lowest BCUT2D eigenvalue weighted by molar-refractivity contribution is -0.111. The number of para-hydroxylation sites is 1. The van der Waals surface area contributed by atoms with Crippen LogP contribution in [0.4, 0.5) is 23.0 Å². The van der Waals surface area contributed by atoms with Crippen molar-refractivity contribution in [3.05, 3.63) is 67.0 Å². The summed E-state index contributed by atoms with van der Waals surface area (Å²) in [6, 6.07) is 14.2. The molecule has 4 aromatic rings. The van der Waals surface area contributed by atoms with Crippen LogP contribution in [0.3, 0.4) is 0 Å². The SMILES string of the molecule is C=CC(=O)Nc1cc(Nc2nccc(-c3c4n(c5ccccc35)CCN(C)C4)n2)c(OC)cc1N(C)CCN(C)C. The van der Waals surface area contributed by atoms with Gasteiger partial charge in [-0.25, -0.2) is 9.97 Å². The molecule has 1 aliphatic heterocycles. The standard InChI is InChI=1S/C31H38N8O2/c1-7-29(40)33-23-18-24(28(41-6)19-26(23)38(5)16-14-36(2)3)35-31-32-13-12-22(34-31)30-21-10-8-9-11-25(21)39-17-15-37(4)20-27(30)39/h7-13,18-19H,1,14-17,20H2,2-6H3,(H,33,40)(H,32,34,35). The molecule has 41 heavy (non-hydrogen) atoms. The summed E-state index contributed by atoms with van der Waals surface area (Å²) in [6.07, 6.45) is 3.03. The normalized spacial score (nSPS) is 13.2. The van der Waals surface area contributed by atoms with Gasteiger partial charge in [0.05, 0.1) is 29.9 Å². The molecule has 0 atom stereocenters. The second-order valence-electron chi connectivity index (χ2n) is 10.6. The number of methoxy groups -OCH3 is 1. The molecule has 0 radical (unpaired) electrons. The quantitative estimate of drug-likeness (QED) is 0.279. The van der Waals surface area contributed by atoms with Gasteiger partial charge in [0.25, 0.3) is 0 Å². The number of carbonyl (C=O) groups is 1. The van der Waals surface area contributed by atoms with Crippen molar-refractivity contribution < 1.29 is 9.53 Å². The summed E-state index contributed by atoms with van der Waals surface area (Å²) in [7, 11) is 9.82. The Balaban J connectivity index is 1.53. The summed E-state index contributed by atoms with van der Waals surface area (Å²) in [5, 5.41) is 7.46. The number of likely N-dealkylation sites (N-methyl/N-ethyl adjacent to an activating group) is 3. The number of hydrogen-bond acceptors (Lipinski definition) is 8. The van der Waals surface area contributed by atoms with E-state index >= 15 is 0 Å². The van der Waals surface area contributed by atoms with Crippen LogP contribution < -0.4 is 20.3 Å². The molecule has 1 amide bonds. The average Bonchev–Trinajstić information content (AvgIpc) is 3.29. The number of nitrogens with zero attached hydrogens (tertiary/aromatic N) is 6. The van der Waals surface area contributed by atoms with Crippen molar-refractivity contribution in [3.63, 3.8) is 0 Å². The molecule has 1 aliphatic rings. The van der Waals surface area contributed by atoms with Gasteiger partial charge in [-0.2, -0.15) is 0 Å². The maximum atomic E-state index is 12.3. The number of rotatable bonds is 10. The number of anilines is 4. The highest BCUT2D eigenvalue weighted by atomic mass is 16.5. The Bertz CT molecular complexity index is 1580. The molecular formula is C31H38N8O2. The fourth-order valence-electron chi connectivity index (χ4n) is 5.25. The maximum Gasteiger partial charge on any atom is 0.247 e. The zero-order valence-corrected chi connectivity index (χ0v) is 24.4. The summed E-state index contributed by atoms with van der Waals surface area (Å²) >= 11 is 0. The predicted octanol–water partition coefficient (Wildman–Crippen LogP) is 4.42. The van der Waals surface area contributed by atoms with Crippen LogP contribution in [0.5, 0.6) is 5.75 Å². The van der Waals surface area contributed by atoms with Gasteiger partial charge in [0.15, 0.2) is 0 Å². The first-order chi connectivity index (χ1) is 19.8. The van der Waals surface area contributed by atoms with Crippen LogP contribution in [0.2, 0.25) is 0 Å². The van der Waals surface area contributed by atoms with E-state index in [-0.39, 0.29) is 5.91 Å². The highest BCUT2D eigenvalue weighted by Crippen LogP contribution is 2.39. The molecule has 2 aromatic heterocycles. The third-order valence-electron chi connectivity index (χ3n) is 7.42. The molecule has 0 bridgehead atoms. The van der Waals surface area contributed by atoms with Gasteiger partial charge in [0.2, 0.25) is 11.9 Å². The van der Waals surface area contributed by atoms with E-state index < -0.39 is 0 Å². The smallest absolute Gasteiger partial charge is 0.247 e. The molecule has 0 spiro atoms. The number of aromatic nitrogens is 3. The Morgan fingerprint density at radius 2 is 1.93 bits per heavy atom. The Labute approximate surface area is 241 Å². The number of hydrogen-bond donors (Lipinski definition) is 2. The lowest BCUT2D eigenvalue weighted by Crippen LogP contribution is -2.30. The van der Waals surface area contributed by atoms with Crippen LogP contribution in [-0.2, 0) is 17.9 Å². The minimum atomic E-state index is -0.294. The zero-order chi connectivity index (χ0) is 29.1. The van der Waals surface area contributed by atoms with Crippen molar-refractivity contribution in [2.24, 2.45) is 0 Å². The number of ether oxygens (including phenoxy) is 1. The summed E-state index contributed by atoms with van der Waals surface area (Å²) < 4.78 is 8.18.